The predicted octanol–water partition coefficient (Wildman–Crippen LogP) is 6.74. The number of hydrogen-bond acceptors (Lipinski definition) is 6. The van der Waals surface area contributed by atoms with Gasteiger partial charge in [-0.3, -0.25) is 0 Å². The largest absolute Gasteiger partial charge is 0.493 e. The summed E-state index contributed by atoms with van der Waals surface area (Å²) < 4.78 is 89.0. The van der Waals surface area contributed by atoms with Crippen molar-refractivity contribution in [1.82, 2.24) is 15.3 Å². The third-order valence-corrected chi connectivity index (χ3v) is 7.77. The summed E-state index contributed by atoms with van der Waals surface area (Å²) in [5, 5.41) is 3.12. The monoisotopic (exact) mass is 565 g/mol. The Morgan fingerprint density at radius 1 is 1.10 bits per heavy atom. The van der Waals surface area contributed by atoms with Crippen LogP contribution in [0.2, 0.25) is 0 Å². The summed E-state index contributed by atoms with van der Waals surface area (Å²) in [7, 11) is 2.88. The van der Waals surface area contributed by atoms with Crippen molar-refractivity contribution in [3.05, 3.63) is 82.3 Å². The molecule has 11 heteroatoms. The average molecular weight is 566 g/mol. The van der Waals surface area contributed by atoms with Gasteiger partial charge in [-0.15, -0.1) is 0 Å². The predicted molar refractivity (Wildman–Crippen MR) is 138 cm³/mol. The zero-order chi connectivity index (χ0) is 29.4. The Hall–Kier alpha value is -3.31. The average Bonchev–Trinajstić information content (AvgIpc) is 3.20. The SMILES string of the molecule is CN[C@H](C)c1c(C)nc([C@@H]2O[C@@](C)(C(F)(F)F)[C@@H](C)[C@H]2c2ccc(F)c(F)c2OC)nc1OCc1ccccc1. The quantitative estimate of drug-likeness (QED) is 0.305. The van der Waals surface area contributed by atoms with Crippen LogP contribution < -0.4 is 14.8 Å². The van der Waals surface area contributed by atoms with Crippen molar-refractivity contribution < 1.29 is 36.2 Å². The van der Waals surface area contributed by atoms with Gasteiger partial charge in [-0.2, -0.15) is 22.5 Å². The highest BCUT2D eigenvalue weighted by Crippen LogP contribution is 2.59. The molecule has 1 aromatic heterocycles. The lowest BCUT2D eigenvalue weighted by molar-refractivity contribution is -0.275. The minimum Gasteiger partial charge on any atom is -0.493 e. The highest BCUT2D eigenvalue weighted by Gasteiger charge is 2.65. The maximum atomic E-state index is 14.7. The maximum absolute atomic E-state index is 14.7. The highest BCUT2D eigenvalue weighted by atomic mass is 19.4. The number of nitrogens with one attached hydrogen (secondary N) is 1. The van der Waals surface area contributed by atoms with Crippen molar-refractivity contribution in [2.75, 3.05) is 14.2 Å². The van der Waals surface area contributed by atoms with E-state index in [0.717, 1.165) is 25.7 Å². The van der Waals surface area contributed by atoms with E-state index in [1.165, 1.54) is 13.0 Å². The smallest absolute Gasteiger partial charge is 0.417 e. The van der Waals surface area contributed by atoms with Gasteiger partial charge in [-0.1, -0.05) is 43.3 Å². The number of nitrogens with zero attached hydrogens (tertiary/aromatic N) is 2. The molecule has 6 nitrogen and oxygen atoms in total. The molecular formula is C29H32F5N3O3. The first kappa shape index (κ1) is 29.7. The van der Waals surface area contributed by atoms with Crippen molar-refractivity contribution in [2.45, 2.75) is 64.1 Å². The van der Waals surface area contributed by atoms with E-state index in [1.807, 2.05) is 37.3 Å². The first-order valence-electron chi connectivity index (χ1n) is 12.8. The van der Waals surface area contributed by atoms with E-state index in [9.17, 15) is 22.0 Å². The molecule has 3 aromatic rings. The second kappa shape index (κ2) is 11.3. The molecule has 1 fully saturated rings. The molecule has 1 aliphatic heterocycles. The molecule has 5 atom stereocenters. The zero-order valence-corrected chi connectivity index (χ0v) is 23.1. The van der Waals surface area contributed by atoms with Gasteiger partial charge in [-0.25, -0.2) is 9.37 Å². The molecule has 2 aromatic carbocycles. The fourth-order valence-corrected chi connectivity index (χ4v) is 5.22. The Labute approximate surface area is 229 Å². The Bertz CT molecular complexity index is 1350. The van der Waals surface area contributed by atoms with Gasteiger partial charge < -0.3 is 19.5 Å². The summed E-state index contributed by atoms with van der Waals surface area (Å²) in [6.45, 7) is 6.04. The molecule has 0 bridgehead atoms. The van der Waals surface area contributed by atoms with E-state index in [2.05, 4.69) is 15.3 Å². The molecule has 2 heterocycles. The number of alkyl halides is 3. The molecule has 0 unspecified atom stereocenters. The normalized spacial score (nSPS) is 23.7. The fourth-order valence-electron chi connectivity index (χ4n) is 5.22. The zero-order valence-electron chi connectivity index (χ0n) is 23.1. The van der Waals surface area contributed by atoms with Gasteiger partial charge in [-0.05, 0) is 39.4 Å². The van der Waals surface area contributed by atoms with Crippen LogP contribution in [0.3, 0.4) is 0 Å². The van der Waals surface area contributed by atoms with Crippen molar-refractivity contribution in [3.8, 4) is 11.6 Å². The Morgan fingerprint density at radius 3 is 2.38 bits per heavy atom. The molecule has 0 amide bonds. The van der Waals surface area contributed by atoms with Gasteiger partial charge in [0, 0.05) is 29.1 Å². The Kier molecular flexibility index (Phi) is 8.37. The maximum Gasteiger partial charge on any atom is 0.417 e. The molecule has 0 radical (unpaired) electrons. The lowest BCUT2D eigenvalue weighted by atomic mass is 9.77. The molecule has 1 saturated heterocycles. The summed E-state index contributed by atoms with van der Waals surface area (Å²) >= 11 is 0. The topological polar surface area (TPSA) is 65.5 Å². The van der Waals surface area contributed by atoms with E-state index < -0.39 is 47.1 Å². The van der Waals surface area contributed by atoms with Crippen LogP contribution in [-0.2, 0) is 11.3 Å². The van der Waals surface area contributed by atoms with E-state index in [4.69, 9.17) is 14.2 Å². The molecular weight excluding hydrogens is 533 g/mol. The molecule has 1 aliphatic rings. The molecule has 0 spiro atoms. The molecule has 0 aliphatic carbocycles. The molecule has 0 saturated carbocycles. The summed E-state index contributed by atoms with van der Waals surface area (Å²) in [6.07, 6.45) is -6.16. The number of methoxy groups -OCH3 is 1. The van der Waals surface area contributed by atoms with Gasteiger partial charge in [0.25, 0.3) is 0 Å². The number of halogens is 5. The van der Waals surface area contributed by atoms with Crippen LogP contribution in [0.5, 0.6) is 11.6 Å². The number of rotatable bonds is 8. The minimum absolute atomic E-state index is 0.0209. The number of hydrogen-bond donors (Lipinski definition) is 1. The van der Waals surface area contributed by atoms with Gasteiger partial charge in [0.15, 0.2) is 23.0 Å². The molecule has 1 N–H and O–H groups in total. The van der Waals surface area contributed by atoms with Gasteiger partial charge in [0.1, 0.15) is 12.7 Å². The highest BCUT2D eigenvalue weighted by molar-refractivity contribution is 5.42. The van der Waals surface area contributed by atoms with Crippen LogP contribution in [0, 0.1) is 24.5 Å². The Balaban J connectivity index is 1.88. The molecule has 40 heavy (non-hydrogen) atoms. The van der Waals surface area contributed by atoms with Gasteiger partial charge >= 0.3 is 6.18 Å². The molecule has 216 valence electrons. The third-order valence-electron chi connectivity index (χ3n) is 7.77. The summed E-state index contributed by atoms with van der Waals surface area (Å²) in [5.74, 6) is -5.24. The first-order valence-corrected chi connectivity index (χ1v) is 12.8. The number of ether oxygens (including phenoxy) is 3. The number of benzene rings is 2. The van der Waals surface area contributed by atoms with Crippen molar-refractivity contribution in [2.24, 2.45) is 5.92 Å². The van der Waals surface area contributed by atoms with Crippen LogP contribution >= 0.6 is 0 Å². The standard InChI is InChI=1S/C29H32F5N3O3/c1-15-21(19-12-13-20(30)23(31)24(19)38-6)25(40-28(15,4)29(32,33)34)26-36-17(3)22(16(2)35-5)27(37-26)39-14-18-10-8-7-9-11-18/h7-13,15-16,21,25,35H,14H2,1-6H3/t15-,16+,21-,25+,28+/m0/s1. The van der Waals surface area contributed by atoms with E-state index >= 15 is 0 Å². The van der Waals surface area contributed by atoms with Crippen LogP contribution in [0.1, 0.15) is 67.0 Å². The summed E-state index contributed by atoms with van der Waals surface area (Å²) in [5.41, 5.74) is -0.649. The van der Waals surface area contributed by atoms with E-state index in [0.29, 0.717) is 11.3 Å². The number of aryl methyl sites for hydroxylation is 1. The van der Waals surface area contributed by atoms with Crippen LogP contribution in [-0.4, -0.2) is 35.9 Å². The van der Waals surface area contributed by atoms with Crippen molar-refractivity contribution >= 4 is 0 Å². The Morgan fingerprint density at radius 2 is 1.77 bits per heavy atom. The fraction of sp³-hybridized carbons (Fsp3) is 0.448. The second-order valence-corrected chi connectivity index (χ2v) is 10.1. The van der Waals surface area contributed by atoms with Crippen LogP contribution in [0.25, 0.3) is 0 Å². The number of aromatic nitrogens is 2. The van der Waals surface area contributed by atoms with E-state index in [-0.39, 0.29) is 29.9 Å². The first-order chi connectivity index (χ1) is 18.8. The molecule has 4 rings (SSSR count). The third kappa shape index (κ3) is 5.24. The van der Waals surface area contributed by atoms with Gasteiger partial charge in [0.2, 0.25) is 11.7 Å². The lowest BCUT2D eigenvalue weighted by Crippen LogP contribution is -2.46. The van der Waals surface area contributed by atoms with Crippen LogP contribution in [0.4, 0.5) is 22.0 Å². The van der Waals surface area contributed by atoms with Crippen molar-refractivity contribution in [1.29, 1.82) is 0 Å². The second-order valence-electron chi connectivity index (χ2n) is 10.1. The summed E-state index contributed by atoms with van der Waals surface area (Å²) in [6, 6.07) is 11.2. The lowest BCUT2D eigenvalue weighted by Gasteiger charge is -2.32. The van der Waals surface area contributed by atoms with Crippen LogP contribution in [0.15, 0.2) is 42.5 Å². The van der Waals surface area contributed by atoms with E-state index in [1.54, 1.807) is 14.0 Å². The van der Waals surface area contributed by atoms with Gasteiger partial charge in [0.05, 0.1) is 12.7 Å². The minimum atomic E-state index is -4.78. The van der Waals surface area contributed by atoms with Crippen molar-refractivity contribution in [3.63, 3.8) is 0 Å². The summed E-state index contributed by atoms with van der Waals surface area (Å²) in [4.78, 5) is 9.14.